The number of amides is 1. The lowest BCUT2D eigenvalue weighted by Gasteiger charge is -2.11. The molecule has 1 aromatic rings. The van der Waals surface area contributed by atoms with Gasteiger partial charge in [-0.2, -0.15) is 0 Å². The fourth-order valence-corrected chi connectivity index (χ4v) is 2.88. The van der Waals surface area contributed by atoms with Crippen LogP contribution in [-0.2, 0) is 4.79 Å². The first kappa shape index (κ1) is 15.9. The van der Waals surface area contributed by atoms with Gasteiger partial charge in [0.15, 0.2) is 0 Å². The molecule has 3 nitrogen and oxygen atoms in total. The molecule has 1 aliphatic heterocycles. The minimum Gasteiger partial charge on any atom is -0.384 e. The molecule has 0 bridgehead atoms. The molecule has 1 unspecified atom stereocenters. The van der Waals surface area contributed by atoms with Gasteiger partial charge in [-0.25, -0.2) is 0 Å². The van der Waals surface area contributed by atoms with Gasteiger partial charge in [-0.3, -0.25) is 4.79 Å². The molecule has 1 amide bonds. The largest absolute Gasteiger partial charge is 0.384 e. The van der Waals surface area contributed by atoms with Crippen LogP contribution in [0.4, 0.5) is 5.69 Å². The van der Waals surface area contributed by atoms with E-state index in [1.54, 1.807) is 0 Å². The van der Waals surface area contributed by atoms with Crippen LogP contribution in [0.5, 0.6) is 0 Å². The van der Waals surface area contributed by atoms with E-state index in [0.29, 0.717) is 0 Å². The Kier molecular flexibility index (Phi) is 6.09. The third-order valence-corrected chi connectivity index (χ3v) is 4.16. The standard InChI is InChI=1S/C18H28N2O/c1-14(2)9-5-3-4-8-12-19-18(21)16-13-20-17-11-7-6-10-15(16)17/h6-7,10-11,14,16,20H,3-5,8-9,12-13H2,1-2H3,(H,19,21). The molecule has 3 heteroatoms. The Hall–Kier alpha value is -1.51. The van der Waals surface area contributed by atoms with E-state index < -0.39 is 0 Å². The molecule has 1 heterocycles. The molecular formula is C18H28N2O. The molecule has 2 rings (SSSR count). The molecular weight excluding hydrogens is 260 g/mol. The first-order valence-corrected chi connectivity index (χ1v) is 8.29. The van der Waals surface area contributed by atoms with Crippen molar-refractivity contribution in [2.45, 2.75) is 51.9 Å². The average Bonchev–Trinajstić information content (AvgIpc) is 2.89. The van der Waals surface area contributed by atoms with E-state index in [2.05, 4.69) is 24.5 Å². The third-order valence-electron chi connectivity index (χ3n) is 4.16. The molecule has 0 aliphatic carbocycles. The van der Waals surface area contributed by atoms with Crippen molar-refractivity contribution in [3.63, 3.8) is 0 Å². The summed E-state index contributed by atoms with van der Waals surface area (Å²) in [6, 6.07) is 8.09. The molecule has 0 spiro atoms. The molecule has 21 heavy (non-hydrogen) atoms. The molecule has 0 radical (unpaired) electrons. The van der Waals surface area contributed by atoms with Crippen molar-refractivity contribution >= 4 is 11.6 Å². The van der Waals surface area contributed by atoms with Gasteiger partial charge in [0.2, 0.25) is 5.91 Å². The SMILES string of the molecule is CC(C)CCCCCCNC(=O)C1CNc2ccccc21. The average molecular weight is 288 g/mol. The molecule has 2 N–H and O–H groups in total. The first-order valence-electron chi connectivity index (χ1n) is 8.29. The Morgan fingerprint density at radius 3 is 2.81 bits per heavy atom. The van der Waals surface area contributed by atoms with Crippen molar-refractivity contribution in [1.82, 2.24) is 5.32 Å². The highest BCUT2D eigenvalue weighted by atomic mass is 16.1. The van der Waals surface area contributed by atoms with E-state index in [1.807, 2.05) is 24.3 Å². The Morgan fingerprint density at radius 1 is 1.24 bits per heavy atom. The van der Waals surface area contributed by atoms with Gasteiger partial charge in [-0.05, 0) is 24.0 Å². The number of carbonyl (C=O) groups excluding carboxylic acids is 1. The van der Waals surface area contributed by atoms with Gasteiger partial charge in [0.25, 0.3) is 0 Å². The van der Waals surface area contributed by atoms with Crippen molar-refractivity contribution in [2.24, 2.45) is 5.92 Å². The maximum atomic E-state index is 12.2. The molecule has 0 saturated carbocycles. The van der Waals surface area contributed by atoms with Crippen LogP contribution in [0, 0.1) is 5.92 Å². The molecule has 0 aromatic heterocycles. The quantitative estimate of drug-likeness (QED) is 0.712. The first-order chi connectivity index (χ1) is 10.2. The molecule has 0 saturated heterocycles. The van der Waals surface area contributed by atoms with Gasteiger partial charge in [0.1, 0.15) is 0 Å². The number of anilines is 1. The van der Waals surface area contributed by atoms with E-state index in [9.17, 15) is 4.79 Å². The zero-order chi connectivity index (χ0) is 15.1. The zero-order valence-electron chi connectivity index (χ0n) is 13.3. The van der Waals surface area contributed by atoms with Gasteiger partial charge in [-0.1, -0.05) is 57.7 Å². The topological polar surface area (TPSA) is 41.1 Å². The number of hydrogen-bond acceptors (Lipinski definition) is 2. The summed E-state index contributed by atoms with van der Waals surface area (Å²) in [6.45, 7) is 6.07. The number of para-hydroxylation sites is 1. The number of fused-ring (bicyclic) bond motifs is 1. The third kappa shape index (κ3) is 4.76. The predicted octanol–water partition coefficient (Wildman–Crippen LogP) is 3.92. The Bertz CT molecular complexity index is 456. The van der Waals surface area contributed by atoms with Gasteiger partial charge < -0.3 is 10.6 Å². The summed E-state index contributed by atoms with van der Waals surface area (Å²) in [7, 11) is 0. The number of nitrogens with one attached hydrogen (secondary N) is 2. The van der Waals surface area contributed by atoms with Gasteiger partial charge >= 0.3 is 0 Å². The summed E-state index contributed by atoms with van der Waals surface area (Å²) in [6.07, 6.45) is 6.21. The van der Waals surface area contributed by atoms with Crippen LogP contribution < -0.4 is 10.6 Å². The van der Waals surface area contributed by atoms with Crippen LogP contribution in [0.3, 0.4) is 0 Å². The second-order valence-electron chi connectivity index (χ2n) is 6.41. The Labute approximate surface area is 128 Å². The number of unbranched alkanes of at least 4 members (excludes halogenated alkanes) is 3. The van der Waals surface area contributed by atoms with Gasteiger partial charge in [0.05, 0.1) is 5.92 Å². The summed E-state index contributed by atoms with van der Waals surface area (Å²) in [5.41, 5.74) is 2.23. The molecule has 0 fully saturated rings. The fraction of sp³-hybridized carbons (Fsp3) is 0.611. The minimum absolute atomic E-state index is 0.0258. The van der Waals surface area contributed by atoms with Crippen molar-refractivity contribution in [3.05, 3.63) is 29.8 Å². The normalized spacial score (nSPS) is 16.6. The van der Waals surface area contributed by atoms with Crippen molar-refractivity contribution in [1.29, 1.82) is 0 Å². The van der Waals surface area contributed by atoms with Crippen LogP contribution in [0.15, 0.2) is 24.3 Å². The van der Waals surface area contributed by atoms with E-state index >= 15 is 0 Å². The second-order valence-corrected chi connectivity index (χ2v) is 6.41. The van der Waals surface area contributed by atoms with Crippen molar-refractivity contribution in [3.8, 4) is 0 Å². The summed E-state index contributed by atoms with van der Waals surface area (Å²) >= 11 is 0. The summed E-state index contributed by atoms with van der Waals surface area (Å²) < 4.78 is 0. The molecule has 1 aromatic carbocycles. The van der Waals surface area contributed by atoms with Crippen LogP contribution in [0.25, 0.3) is 0 Å². The molecule has 1 aliphatic rings. The lowest BCUT2D eigenvalue weighted by molar-refractivity contribution is -0.122. The van der Waals surface area contributed by atoms with Crippen molar-refractivity contribution in [2.75, 3.05) is 18.4 Å². The van der Waals surface area contributed by atoms with E-state index in [1.165, 1.54) is 25.7 Å². The van der Waals surface area contributed by atoms with Crippen LogP contribution >= 0.6 is 0 Å². The summed E-state index contributed by atoms with van der Waals surface area (Å²) in [4.78, 5) is 12.2. The maximum Gasteiger partial charge on any atom is 0.229 e. The summed E-state index contributed by atoms with van der Waals surface area (Å²) in [5.74, 6) is 0.941. The highest BCUT2D eigenvalue weighted by molar-refractivity contribution is 5.88. The molecule has 1 atom stereocenters. The Balaban J connectivity index is 1.63. The van der Waals surface area contributed by atoms with E-state index in [0.717, 1.165) is 36.7 Å². The maximum absolute atomic E-state index is 12.2. The van der Waals surface area contributed by atoms with Crippen molar-refractivity contribution < 1.29 is 4.79 Å². The number of rotatable bonds is 8. The predicted molar refractivity (Wildman–Crippen MR) is 88.6 cm³/mol. The fourth-order valence-electron chi connectivity index (χ4n) is 2.88. The minimum atomic E-state index is -0.0258. The molecule has 116 valence electrons. The lowest BCUT2D eigenvalue weighted by Crippen LogP contribution is -2.31. The van der Waals surface area contributed by atoms with Crippen LogP contribution in [-0.4, -0.2) is 19.0 Å². The van der Waals surface area contributed by atoms with E-state index in [-0.39, 0.29) is 11.8 Å². The van der Waals surface area contributed by atoms with Crippen LogP contribution in [0.1, 0.15) is 57.4 Å². The zero-order valence-corrected chi connectivity index (χ0v) is 13.3. The number of benzene rings is 1. The highest BCUT2D eigenvalue weighted by Gasteiger charge is 2.27. The monoisotopic (exact) mass is 288 g/mol. The van der Waals surface area contributed by atoms with Crippen LogP contribution in [0.2, 0.25) is 0 Å². The van der Waals surface area contributed by atoms with Gasteiger partial charge in [-0.15, -0.1) is 0 Å². The Morgan fingerprint density at radius 2 is 2.00 bits per heavy atom. The smallest absolute Gasteiger partial charge is 0.229 e. The summed E-state index contributed by atoms with van der Waals surface area (Å²) in [5, 5.41) is 6.39. The van der Waals surface area contributed by atoms with Gasteiger partial charge in [0, 0.05) is 18.8 Å². The van der Waals surface area contributed by atoms with E-state index in [4.69, 9.17) is 0 Å². The number of carbonyl (C=O) groups is 1. The highest BCUT2D eigenvalue weighted by Crippen LogP contribution is 2.30. The second kappa shape index (κ2) is 8.06. The lowest BCUT2D eigenvalue weighted by atomic mass is 10.0. The number of hydrogen-bond donors (Lipinski definition) is 2.